The largest absolute Gasteiger partial charge is 0.274 e. The quantitative estimate of drug-likeness (QED) is 0.328. The maximum Gasteiger partial charge on any atom is 0.253 e. The molecule has 0 aromatic heterocycles. The molecule has 4 fully saturated rings. The van der Waals surface area contributed by atoms with Gasteiger partial charge in [-0.05, 0) is 59.7 Å². The summed E-state index contributed by atoms with van der Waals surface area (Å²) in [7, 11) is 0. The topological polar surface area (TPSA) is 81.2 Å². The minimum absolute atomic E-state index is 0.249. The number of nitrogens with zero attached hydrogens (tertiary/aromatic N) is 4. The van der Waals surface area contributed by atoms with Crippen LogP contribution in [0.2, 0.25) is 0 Å². The molecule has 4 aliphatic rings. The molecule has 10 heteroatoms. The van der Waals surface area contributed by atoms with Gasteiger partial charge in [-0.1, -0.05) is 60.7 Å². The molecule has 4 saturated heterocycles. The molecule has 44 heavy (non-hydrogen) atoms. The first-order valence-corrected chi connectivity index (χ1v) is 14.3. The van der Waals surface area contributed by atoms with Crippen LogP contribution in [0, 0.1) is 23.5 Å². The number of carbonyl (C=O) groups excluding carboxylic acids is 4. The molecule has 4 aliphatic heterocycles. The maximum absolute atomic E-state index is 14.3. The highest BCUT2D eigenvalue weighted by molar-refractivity contribution is 6.26. The third kappa shape index (κ3) is 3.61. The minimum atomic E-state index is -1.02. The minimum Gasteiger partial charge on any atom is -0.274 e. The second kappa shape index (κ2) is 9.73. The fourth-order valence-electron chi connectivity index (χ4n) is 7.49. The third-order valence-electron chi connectivity index (χ3n) is 9.18. The standard InChI is InChI=1S/C34H24F2N4O4/c35-21-11-15-23(16-12-21)37-31(41)25-27(19-7-3-1-4-8-19)39-30-26(32(42)38(34(30)44)24-17-13-22(36)14-18-24)28(20-9-5-2-6-10-20)40(39)29(25)33(37)43/h1-18,25-30H/t25-,26-,27-,28+,29+,30+/m0/s1. The number of halogens is 2. The van der Waals surface area contributed by atoms with Gasteiger partial charge in [-0.15, -0.1) is 0 Å². The van der Waals surface area contributed by atoms with Gasteiger partial charge >= 0.3 is 0 Å². The van der Waals surface area contributed by atoms with E-state index in [1.807, 2.05) is 60.7 Å². The molecule has 218 valence electrons. The Morgan fingerprint density at radius 2 is 0.750 bits per heavy atom. The van der Waals surface area contributed by atoms with Crippen LogP contribution >= 0.6 is 0 Å². The Hall–Kier alpha value is -5.06. The molecule has 0 saturated carbocycles. The number of hydrogen-bond donors (Lipinski definition) is 0. The van der Waals surface area contributed by atoms with Crippen molar-refractivity contribution in [2.45, 2.75) is 24.2 Å². The molecule has 0 bridgehead atoms. The first kappa shape index (κ1) is 26.6. The number of rotatable bonds is 4. The summed E-state index contributed by atoms with van der Waals surface area (Å²) in [5.74, 6) is -4.77. The van der Waals surface area contributed by atoms with Gasteiger partial charge in [0.1, 0.15) is 23.7 Å². The van der Waals surface area contributed by atoms with Crippen molar-refractivity contribution in [3.05, 3.63) is 132 Å². The van der Waals surface area contributed by atoms with Crippen LogP contribution in [0.5, 0.6) is 0 Å². The molecule has 4 amide bonds. The van der Waals surface area contributed by atoms with Crippen LogP contribution in [0.3, 0.4) is 0 Å². The summed E-state index contributed by atoms with van der Waals surface area (Å²) < 4.78 is 27.6. The Bertz CT molecular complexity index is 1690. The average molecular weight is 591 g/mol. The fourth-order valence-corrected chi connectivity index (χ4v) is 7.49. The highest BCUT2D eigenvalue weighted by atomic mass is 19.1. The van der Waals surface area contributed by atoms with Crippen LogP contribution in [0.15, 0.2) is 109 Å². The zero-order valence-corrected chi connectivity index (χ0v) is 23.0. The summed E-state index contributed by atoms with van der Waals surface area (Å²) in [6.07, 6.45) is 0. The Morgan fingerprint density at radius 3 is 1.09 bits per heavy atom. The van der Waals surface area contributed by atoms with Crippen LogP contribution in [0.4, 0.5) is 20.2 Å². The molecule has 4 aromatic carbocycles. The Balaban J connectivity index is 1.32. The van der Waals surface area contributed by atoms with Gasteiger partial charge in [0.25, 0.3) is 11.8 Å². The average Bonchev–Trinajstić information content (AvgIpc) is 3.71. The number of amides is 4. The number of carbonyl (C=O) groups is 4. The monoisotopic (exact) mass is 590 g/mol. The number of fused-ring (bicyclic) bond motifs is 5. The molecule has 0 radical (unpaired) electrons. The predicted molar refractivity (Wildman–Crippen MR) is 154 cm³/mol. The Morgan fingerprint density at radius 1 is 0.409 bits per heavy atom. The molecule has 8 nitrogen and oxygen atoms in total. The number of benzene rings is 4. The smallest absolute Gasteiger partial charge is 0.253 e. The molecule has 4 heterocycles. The van der Waals surface area contributed by atoms with Gasteiger partial charge in [0.15, 0.2) is 0 Å². The van der Waals surface area contributed by atoms with Crippen LogP contribution in [0.25, 0.3) is 0 Å². The van der Waals surface area contributed by atoms with E-state index in [0.29, 0.717) is 11.1 Å². The van der Waals surface area contributed by atoms with Gasteiger partial charge in [0.2, 0.25) is 11.8 Å². The normalized spacial score (nSPS) is 28.1. The van der Waals surface area contributed by atoms with Crippen molar-refractivity contribution in [3.63, 3.8) is 0 Å². The molecule has 0 unspecified atom stereocenters. The SMILES string of the molecule is O=C1[C@@H]2[C@H](C(=O)N1c1ccc(F)cc1)N1[C@H](c3ccccc3)[C@@H]3C(=O)N(c4ccc(F)cc4)C(=O)[C@@H]3N1[C@H]2c1ccccc1. The van der Waals surface area contributed by atoms with E-state index in [1.165, 1.54) is 48.5 Å². The summed E-state index contributed by atoms with van der Waals surface area (Å²) in [6.45, 7) is 0. The number of hydrogen-bond acceptors (Lipinski definition) is 6. The van der Waals surface area contributed by atoms with Crippen molar-refractivity contribution in [2.75, 3.05) is 9.80 Å². The van der Waals surface area contributed by atoms with Crippen LogP contribution in [-0.4, -0.2) is 45.7 Å². The summed E-state index contributed by atoms with van der Waals surface area (Å²) in [6, 6.07) is 25.1. The lowest BCUT2D eigenvalue weighted by Gasteiger charge is -2.35. The van der Waals surface area contributed by atoms with Gasteiger partial charge in [0, 0.05) is 0 Å². The lowest BCUT2D eigenvalue weighted by atomic mass is 9.84. The van der Waals surface area contributed by atoms with E-state index in [9.17, 15) is 28.0 Å². The Labute approximate surface area is 250 Å². The van der Waals surface area contributed by atoms with Crippen molar-refractivity contribution < 1.29 is 28.0 Å². The predicted octanol–water partition coefficient (Wildman–Crippen LogP) is 4.41. The van der Waals surface area contributed by atoms with Gasteiger partial charge in [-0.3, -0.25) is 19.2 Å². The van der Waals surface area contributed by atoms with E-state index in [1.54, 1.807) is 10.0 Å². The molecular weight excluding hydrogens is 566 g/mol. The van der Waals surface area contributed by atoms with E-state index in [2.05, 4.69) is 0 Å². The first-order chi connectivity index (χ1) is 21.4. The zero-order valence-electron chi connectivity index (χ0n) is 23.0. The summed E-state index contributed by atoms with van der Waals surface area (Å²) >= 11 is 0. The number of imide groups is 2. The van der Waals surface area contributed by atoms with Crippen molar-refractivity contribution in [1.82, 2.24) is 10.0 Å². The Kier molecular flexibility index (Phi) is 5.87. The van der Waals surface area contributed by atoms with E-state index in [0.717, 1.165) is 9.80 Å². The van der Waals surface area contributed by atoms with Gasteiger partial charge < -0.3 is 0 Å². The van der Waals surface area contributed by atoms with Crippen LogP contribution in [-0.2, 0) is 19.2 Å². The highest BCUT2D eigenvalue weighted by Crippen LogP contribution is 2.59. The molecule has 0 N–H and O–H groups in total. The van der Waals surface area contributed by atoms with E-state index >= 15 is 0 Å². The van der Waals surface area contributed by atoms with Gasteiger partial charge in [-0.2, -0.15) is 0 Å². The van der Waals surface area contributed by atoms with E-state index in [-0.39, 0.29) is 11.4 Å². The first-order valence-electron chi connectivity index (χ1n) is 14.3. The van der Waals surface area contributed by atoms with Crippen LogP contribution < -0.4 is 9.80 Å². The van der Waals surface area contributed by atoms with E-state index < -0.39 is 71.3 Å². The van der Waals surface area contributed by atoms with E-state index in [4.69, 9.17) is 0 Å². The molecular formula is C34H24F2N4O4. The van der Waals surface area contributed by atoms with Crippen molar-refractivity contribution in [2.24, 2.45) is 11.8 Å². The molecule has 0 aliphatic carbocycles. The summed E-state index contributed by atoms with van der Waals surface area (Å²) in [4.78, 5) is 59.3. The second-order valence-electron chi connectivity index (χ2n) is 11.4. The zero-order chi connectivity index (χ0) is 30.3. The summed E-state index contributed by atoms with van der Waals surface area (Å²) in [5, 5.41) is 3.54. The van der Waals surface area contributed by atoms with Crippen molar-refractivity contribution in [3.8, 4) is 0 Å². The molecule has 4 aromatic rings. The third-order valence-corrected chi connectivity index (χ3v) is 9.18. The summed E-state index contributed by atoms with van der Waals surface area (Å²) in [5.41, 5.74) is 1.92. The van der Waals surface area contributed by atoms with Gasteiger partial charge in [-0.25, -0.2) is 28.6 Å². The fraction of sp³-hybridized carbons (Fsp3) is 0.176. The second-order valence-corrected chi connectivity index (χ2v) is 11.4. The lowest BCUT2D eigenvalue weighted by Crippen LogP contribution is -2.50. The molecule has 6 atom stereocenters. The van der Waals surface area contributed by atoms with Crippen molar-refractivity contribution in [1.29, 1.82) is 0 Å². The maximum atomic E-state index is 14.3. The number of hydrazine groups is 1. The molecule has 0 spiro atoms. The van der Waals surface area contributed by atoms with Crippen LogP contribution in [0.1, 0.15) is 23.2 Å². The highest BCUT2D eigenvalue weighted by Gasteiger charge is 2.73. The number of anilines is 2. The van der Waals surface area contributed by atoms with Crippen molar-refractivity contribution >= 4 is 35.0 Å². The lowest BCUT2D eigenvalue weighted by molar-refractivity contribution is -0.136. The molecule has 8 rings (SSSR count). The van der Waals surface area contributed by atoms with Gasteiger partial charge in [0.05, 0.1) is 35.3 Å².